The molecule has 3 nitrogen and oxygen atoms in total. The van der Waals surface area contributed by atoms with Gasteiger partial charge in [-0.2, -0.15) is 0 Å². The van der Waals surface area contributed by atoms with E-state index in [1.807, 2.05) is 13.0 Å². The Kier molecular flexibility index (Phi) is 5.08. The highest BCUT2D eigenvalue weighted by Gasteiger charge is 2.24. The highest BCUT2D eigenvalue weighted by atomic mass is 16.5. The van der Waals surface area contributed by atoms with Crippen molar-refractivity contribution in [1.82, 2.24) is 5.32 Å². The predicted octanol–water partition coefficient (Wildman–Crippen LogP) is 2.91. The Morgan fingerprint density at radius 3 is 2.89 bits per heavy atom. The molecule has 1 N–H and O–H groups in total. The van der Waals surface area contributed by atoms with E-state index in [4.69, 9.17) is 4.74 Å². The van der Waals surface area contributed by atoms with Crippen LogP contribution in [0.15, 0.2) is 24.3 Å². The number of nitrogens with one attached hydrogen (secondary N) is 1. The van der Waals surface area contributed by atoms with Crippen molar-refractivity contribution >= 4 is 5.69 Å². The molecule has 2 rings (SSSR count). The zero-order chi connectivity index (χ0) is 13.7. The summed E-state index contributed by atoms with van der Waals surface area (Å²) in [4.78, 5) is 2.46. The molecule has 0 saturated carbocycles. The van der Waals surface area contributed by atoms with Crippen LogP contribution < -0.4 is 15.0 Å². The molecule has 3 heteroatoms. The molecule has 1 aromatic rings. The zero-order valence-corrected chi connectivity index (χ0v) is 12.4. The average molecular weight is 262 g/mol. The monoisotopic (exact) mass is 262 g/mol. The third-order valence-corrected chi connectivity index (χ3v) is 3.61. The van der Waals surface area contributed by atoms with Gasteiger partial charge in [-0.05, 0) is 37.9 Å². The first-order valence-corrected chi connectivity index (χ1v) is 7.40. The van der Waals surface area contributed by atoms with Crippen LogP contribution in [0.4, 0.5) is 5.69 Å². The molecule has 0 aliphatic carbocycles. The van der Waals surface area contributed by atoms with Crippen molar-refractivity contribution in [2.24, 2.45) is 5.92 Å². The smallest absolute Gasteiger partial charge is 0.142 e. The largest absolute Gasteiger partial charge is 0.492 e. The Balaban J connectivity index is 1.96. The Morgan fingerprint density at radius 2 is 2.16 bits per heavy atom. The second-order valence-electron chi connectivity index (χ2n) is 5.56. The van der Waals surface area contributed by atoms with E-state index in [-0.39, 0.29) is 0 Å². The van der Waals surface area contributed by atoms with Crippen LogP contribution in [0.5, 0.6) is 5.75 Å². The van der Waals surface area contributed by atoms with Crippen LogP contribution in [0.2, 0.25) is 0 Å². The van der Waals surface area contributed by atoms with E-state index in [0.29, 0.717) is 6.04 Å². The van der Waals surface area contributed by atoms with Crippen LogP contribution in [0, 0.1) is 5.92 Å². The first-order chi connectivity index (χ1) is 9.20. The van der Waals surface area contributed by atoms with Crippen molar-refractivity contribution in [3.8, 4) is 5.75 Å². The summed E-state index contributed by atoms with van der Waals surface area (Å²) in [5, 5.41) is 3.54. The number of hydrogen-bond donors (Lipinski definition) is 1. The molecular weight excluding hydrogens is 236 g/mol. The lowest BCUT2D eigenvalue weighted by Crippen LogP contribution is -2.30. The Morgan fingerprint density at radius 1 is 1.37 bits per heavy atom. The summed E-state index contributed by atoms with van der Waals surface area (Å²) in [7, 11) is 0. The van der Waals surface area contributed by atoms with E-state index >= 15 is 0 Å². The maximum Gasteiger partial charge on any atom is 0.142 e. The van der Waals surface area contributed by atoms with Gasteiger partial charge in [0, 0.05) is 19.1 Å². The molecule has 1 heterocycles. The standard InChI is InChI=1S/C16H26N2O/c1-4-19-16-8-6-5-7-15(16)18-10-9-14(12-18)11-17-13(2)3/h5-8,13-14,17H,4,9-12H2,1-3H3. The third kappa shape index (κ3) is 3.87. The van der Waals surface area contributed by atoms with Crippen molar-refractivity contribution in [2.45, 2.75) is 33.2 Å². The van der Waals surface area contributed by atoms with E-state index in [9.17, 15) is 0 Å². The summed E-state index contributed by atoms with van der Waals surface area (Å²) in [6.45, 7) is 10.6. The topological polar surface area (TPSA) is 24.5 Å². The summed E-state index contributed by atoms with van der Waals surface area (Å²) in [5.41, 5.74) is 1.25. The van der Waals surface area contributed by atoms with Crippen molar-refractivity contribution in [1.29, 1.82) is 0 Å². The van der Waals surface area contributed by atoms with Gasteiger partial charge in [0.15, 0.2) is 0 Å². The average Bonchev–Trinajstić information content (AvgIpc) is 2.86. The number of benzene rings is 1. The van der Waals surface area contributed by atoms with Gasteiger partial charge in [-0.3, -0.25) is 0 Å². The molecule has 106 valence electrons. The number of anilines is 1. The molecule has 0 aromatic heterocycles. The summed E-state index contributed by atoms with van der Waals surface area (Å²) < 4.78 is 5.73. The van der Waals surface area contributed by atoms with Gasteiger partial charge in [-0.25, -0.2) is 0 Å². The normalized spacial score (nSPS) is 19.2. The van der Waals surface area contributed by atoms with Crippen LogP contribution in [0.3, 0.4) is 0 Å². The lowest BCUT2D eigenvalue weighted by atomic mass is 10.1. The number of hydrogen-bond acceptors (Lipinski definition) is 3. The fraction of sp³-hybridized carbons (Fsp3) is 0.625. The van der Waals surface area contributed by atoms with Gasteiger partial charge in [0.2, 0.25) is 0 Å². The molecule has 1 atom stereocenters. The third-order valence-electron chi connectivity index (χ3n) is 3.61. The molecule has 1 aliphatic rings. The Hall–Kier alpha value is -1.22. The van der Waals surface area contributed by atoms with Gasteiger partial charge in [0.1, 0.15) is 5.75 Å². The van der Waals surface area contributed by atoms with E-state index < -0.39 is 0 Å². The first-order valence-electron chi connectivity index (χ1n) is 7.40. The number of para-hydroxylation sites is 2. The minimum absolute atomic E-state index is 0.574. The van der Waals surface area contributed by atoms with Crippen LogP contribution in [0.25, 0.3) is 0 Å². The summed E-state index contributed by atoms with van der Waals surface area (Å²) >= 11 is 0. The molecule has 0 bridgehead atoms. The van der Waals surface area contributed by atoms with E-state index in [0.717, 1.165) is 37.9 Å². The van der Waals surface area contributed by atoms with Crippen LogP contribution >= 0.6 is 0 Å². The highest BCUT2D eigenvalue weighted by Crippen LogP contribution is 2.32. The summed E-state index contributed by atoms with van der Waals surface area (Å²) in [5.74, 6) is 1.76. The van der Waals surface area contributed by atoms with Gasteiger partial charge < -0.3 is 15.0 Å². The van der Waals surface area contributed by atoms with Crippen LogP contribution in [0.1, 0.15) is 27.2 Å². The zero-order valence-electron chi connectivity index (χ0n) is 12.4. The fourth-order valence-corrected chi connectivity index (χ4v) is 2.62. The molecular formula is C16H26N2O. The maximum atomic E-state index is 5.73. The Bertz CT molecular complexity index is 392. The molecule has 0 amide bonds. The highest BCUT2D eigenvalue weighted by molar-refractivity contribution is 5.59. The fourth-order valence-electron chi connectivity index (χ4n) is 2.62. The van der Waals surface area contributed by atoms with Crippen molar-refractivity contribution in [2.75, 3.05) is 31.1 Å². The first kappa shape index (κ1) is 14.2. The molecule has 0 radical (unpaired) electrons. The number of nitrogens with zero attached hydrogens (tertiary/aromatic N) is 1. The van der Waals surface area contributed by atoms with Crippen molar-refractivity contribution in [3.63, 3.8) is 0 Å². The Labute approximate surface area is 116 Å². The second kappa shape index (κ2) is 6.80. The minimum Gasteiger partial charge on any atom is -0.492 e. The quantitative estimate of drug-likeness (QED) is 0.853. The summed E-state index contributed by atoms with van der Waals surface area (Å²) in [6.07, 6.45) is 1.26. The molecule has 1 fully saturated rings. The lowest BCUT2D eigenvalue weighted by Gasteiger charge is -2.22. The maximum absolute atomic E-state index is 5.73. The summed E-state index contributed by atoms with van der Waals surface area (Å²) in [6, 6.07) is 8.95. The minimum atomic E-state index is 0.574. The van der Waals surface area contributed by atoms with E-state index in [2.05, 4.69) is 42.3 Å². The second-order valence-corrected chi connectivity index (χ2v) is 5.56. The van der Waals surface area contributed by atoms with Gasteiger partial charge in [-0.1, -0.05) is 26.0 Å². The lowest BCUT2D eigenvalue weighted by molar-refractivity contribution is 0.340. The number of rotatable bonds is 6. The molecule has 0 spiro atoms. The van der Waals surface area contributed by atoms with E-state index in [1.54, 1.807) is 0 Å². The van der Waals surface area contributed by atoms with Gasteiger partial charge in [0.25, 0.3) is 0 Å². The van der Waals surface area contributed by atoms with Gasteiger partial charge in [0.05, 0.1) is 12.3 Å². The van der Waals surface area contributed by atoms with Crippen molar-refractivity contribution in [3.05, 3.63) is 24.3 Å². The van der Waals surface area contributed by atoms with Crippen LogP contribution in [-0.2, 0) is 0 Å². The van der Waals surface area contributed by atoms with Crippen molar-refractivity contribution < 1.29 is 4.74 Å². The molecule has 19 heavy (non-hydrogen) atoms. The molecule has 1 saturated heterocycles. The number of ether oxygens (including phenoxy) is 1. The molecule has 1 aromatic carbocycles. The molecule has 1 unspecified atom stereocenters. The van der Waals surface area contributed by atoms with E-state index in [1.165, 1.54) is 12.1 Å². The van der Waals surface area contributed by atoms with Crippen LogP contribution in [-0.4, -0.2) is 32.3 Å². The SMILES string of the molecule is CCOc1ccccc1N1CCC(CNC(C)C)C1. The molecule has 1 aliphatic heterocycles. The predicted molar refractivity (Wildman–Crippen MR) is 81.1 cm³/mol. The van der Waals surface area contributed by atoms with Gasteiger partial charge >= 0.3 is 0 Å². The van der Waals surface area contributed by atoms with Gasteiger partial charge in [-0.15, -0.1) is 0 Å².